The molecule has 7 nitrogen and oxygen atoms in total. The Morgan fingerprint density at radius 3 is 2.43 bits per heavy atom. The zero-order valence-corrected chi connectivity index (χ0v) is 18.0. The number of anilines is 1. The van der Waals surface area contributed by atoms with Gasteiger partial charge in [0.15, 0.2) is 12.5 Å². The SMILES string of the molecule is S=c1n(C[NH+]2CCN(c3ncccn3)CC2)nc(-c2cccs2)n1-c1ccccc1. The van der Waals surface area contributed by atoms with E-state index >= 15 is 0 Å². The van der Waals surface area contributed by atoms with Crippen LogP contribution in [0.15, 0.2) is 66.3 Å². The van der Waals surface area contributed by atoms with Crippen LogP contribution in [0, 0.1) is 4.77 Å². The van der Waals surface area contributed by atoms with Crippen molar-refractivity contribution >= 4 is 29.5 Å². The molecule has 152 valence electrons. The first-order valence-corrected chi connectivity index (χ1v) is 11.2. The second-order valence-corrected chi connectivity index (χ2v) is 8.51. The van der Waals surface area contributed by atoms with Gasteiger partial charge in [0.1, 0.15) is 0 Å². The summed E-state index contributed by atoms with van der Waals surface area (Å²) < 4.78 is 4.78. The summed E-state index contributed by atoms with van der Waals surface area (Å²) >= 11 is 7.54. The molecule has 1 aromatic carbocycles. The van der Waals surface area contributed by atoms with E-state index in [0.29, 0.717) is 0 Å². The second kappa shape index (κ2) is 8.47. The first-order chi connectivity index (χ1) is 14.8. The van der Waals surface area contributed by atoms with E-state index < -0.39 is 0 Å². The number of nitrogens with one attached hydrogen (secondary N) is 1. The summed E-state index contributed by atoms with van der Waals surface area (Å²) in [6.07, 6.45) is 3.59. The maximum atomic E-state index is 5.86. The zero-order valence-electron chi connectivity index (χ0n) is 16.4. The molecule has 0 saturated carbocycles. The van der Waals surface area contributed by atoms with E-state index in [4.69, 9.17) is 17.3 Å². The van der Waals surface area contributed by atoms with Gasteiger partial charge in [-0.2, -0.15) is 4.68 Å². The molecule has 1 fully saturated rings. The lowest BCUT2D eigenvalue weighted by Crippen LogP contribution is -3.14. The smallest absolute Gasteiger partial charge is 0.225 e. The van der Waals surface area contributed by atoms with Gasteiger partial charge in [0.05, 0.1) is 36.7 Å². The molecule has 4 heterocycles. The molecule has 0 bridgehead atoms. The van der Waals surface area contributed by atoms with E-state index in [-0.39, 0.29) is 0 Å². The Morgan fingerprint density at radius 2 is 1.73 bits per heavy atom. The number of nitrogens with zero attached hydrogens (tertiary/aromatic N) is 6. The van der Waals surface area contributed by atoms with Gasteiger partial charge < -0.3 is 9.80 Å². The van der Waals surface area contributed by atoms with Gasteiger partial charge >= 0.3 is 0 Å². The molecule has 3 aromatic heterocycles. The summed E-state index contributed by atoms with van der Waals surface area (Å²) in [6.45, 7) is 4.58. The molecule has 0 spiro atoms. The summed E-state index contributed by atoms with van der Waals surface area (Å²) in [5.74, 6) is 1.71. The lowest BCUT2D eigenvalue weighted by atomic mass is 10.3. The molecule has 0 radical (unpaired) electrons. The predicted octanol–water partition coefficient (Wildman–Crippen LogP) is 2.28. The minimum Gasteiger partial charge on any atom is -0.330 e. The average molecular weight is 437 g/mol. The molecule has 1 aliphatic heterocycles. The largest absolute Gasteiger partial charge is 0.330 e. The number of quaternary nitrogens is 1. The molecular weight excluding hydrogens is 414 g/mol. The van der Waals surface area contributed by atoms with Gasteiger partial charge in [-0.05, 0) is 41.9 Å². The summed E-state index contributed by atoms with van der Waals surface area (Å²) in [5.41, 5.74) is 1.04. The Balaban J connectivity index is 1.39. The molecule has 1 aliphatic rings. The number of hydrogen-bond donors (Lipinski definition) is 1. The molecule has 4 aromatic rings. The molecule has 5 rings (SSSR count). The number of hydrogen-bond acceptors (Lipinski definition) is 6. The fourth-order valence-electron chi connectivity index (χ4n) is 3.73. The van der Waals surface area contributed by atoms with Gasteiger partial charge in [-0.15, -0.1) is 16.4 Å². The van der Waals surface area contributed by atoms with Crippen LogP contribution in [0.1, 0.15) is 0 Å². The average Bonchev–Trinajstić information content (AvgIpc) is 3.44. The van der Waals surface area contributed by atoms with Crippen molar-refractivity contribution in [3.8, 4) is 16.4 Å². The number of thiophene rings is 1. The molecule has 1 N–H and O–H groups in total. The minimum atomic E-state index is 0.728. The van der Waals surface area contributed by atoms with E-state index in [1.165, 1.54) is 4.90 Å². The van der Waals surface area contributed by atoms with Gasteiger partial charge in [-0.25, -0.2) is 9.97 Å². The lowest BCUT2D eigenvalue weighted by Gasteiger charge is -2.31. The maximum absolute atomic E-state index is 5.86. The number of benzene rings is 1. The molecule has 0 atom stereocenters. The van der Waals surface area contributed by atoms with Gasteiger partial charge in [0, 0.05) is 12.4 Å². The van der Waals surface area contributed by atoms with Crippen LogP contribution in [-0.4, -0.2) is 50.5 Å². The number of rotatable bonds is 5. The quantitative estimate of drug-likeness (QED) is 0.487. The van der Waals surface area contributed by atoms with Crippen molar-refractivity contribution in [3.63, 3.8) is 0 Å². The Bertz CT molecular complexity index is 1150. The third kappa shape index (κ3) is 3.79. The Labute approximate surface area is 183 Å². The van der Waals surface area contributed by atoms with Crippen LogP contribution >= 0.6 is 23.6 Å². The second-order valence-electron chi connectivity index (χ2n) is 7.20. The van der Waals surface area contributed by atoms with Crippen LogP contribution in [0.5, 0.6) is 0 Å². The Hall–Kier alpha value is -2.88. The highest BCUT2D eigenvalue weighted by Gasteiger charge is 2.24. The van der Waals surface area contributed by atoms with E-state index in [1.807, 2.05) is 35.0 Å². The number of aromatic nitrogens is 5. The topological polar surface area (TPSA) is 56.2 Å². The molecular formula is C21H22N7S2+. The van der Waals surface area contributed by atoms with Crippen molar-refractivity contribution in [2.24, 2.45) is 0 Å². The fourth-order valence-corrected chi connectivity index (χ4v) is 4.73. The Morgan fingerprint density at radius 1 is 0.967 bits per heavy atom. The van der Waals surface area contributed by atoms with Crippen molar-refractivity contribution in [2.75, 3.05) is 31.1 Å². The van der Waals surface area contributed by atoms with E-state index in [2.05, 4.69) is 43.0 Å². The standard InChI is InChI=1S/C21H21N7S2/c29-21-27(16-25-11-13-26(14-12-25)20-22-9-5-10-23-20)24-19(18-8-4-15-30-18)28(21)17-6-2-1-3-7-17/h1-10,15H,11-14,16H2/p+1. The van der Waals surface area contributed by atoms with Crippen LogP contribution in [0.25, 0.3) is 16.4 Å². The maximum Gasteiger partial charge on any atom is 0.225 e. The summed E-state index contributed by atoms with van der Waals surface area (Å²) in [6, 6.07) is 16.2. The summed E-state index contributed by atoms with van der Waals surface area (Å²) in [4.78, 5) is 13.5. The molecule has 0 aliphatic carbocycles. The van der Waals surface area contributed by atoms with Crippen LogP contribution in [-0.2, 0) is 6.67 Å². The van der Waals surface area contributed by atoms with E-state index in [0.717, 1.165) is 60.0 Å². The van der Waals surface area contributed by atoms with Gasteiger partial charge in [0.2, 0.25) is 10.7 Å². The first kappa shape index (κ1) is 19.1. The summed E-state index contributed by atoms with van der Waals surface area (Å²) in [5, 5.41) is 7.00. The Kier molecular flexibility index (Phi) is 5.39. The monoisotopic (exact) mass is 436 g/mol. The van der Waals surface area contributed by atoms with Crippen molar-refractivity contribution in [1.29, 1.82) is 0 Å². The zero-order chi connectivity index (χ0) is 20.3. The van der Waals surface area contributed by atoms with Crippen molar-refractivity contribution in [2.45, 2.75) is 6.67 Å². The van der Waals surface area contributed by atoms with Crippen LogP contribution < -0.4 is 9.80 Å². The third-order valence-corrected chi connectivity index (χ3v) is 6.53. The third-order valence-electron chi connectivity index (χ3n) is 5.27. The highest BCUT2D eigenvalue weighted by molar-refractivity contribution is 7.71. The molecule has 0 amide bonds. The van der Waals surface area contributed by atoms with Crippen LogP contribution in [0.4, 0.5) is 5.95 Å². The highest BCUT2D eigenvalue weighted by Crippen LogP contribution is 2.26. The van der Waals surface area contributed by atoms with Gasteiger partial charge in [-0.1, -0.05) is 24.3 Å². The van der Waals surface area contributed by atoms with E-state index in [9.17, 15) is 0 Å². The lowest BCUT2D eigenvalue weighted by molar-refractivity contribution is -0.924. The van der Waals surface area contributed by atoms with E-state index in [1.54, 1.807) is 23.7 Å². The predicted molar refractivity (Wildman–Crippen MR) is 121 cm³/mol. The molecule has 1 saturated heterocycles. The number of para-hydroxylation sites is 1. The summed E-state index contributed by atoms with van der Waals surface area (Å²) in [7, 11) is 0. The van der Waals surface area contributed by atoms with Crippen molar-refractivity contribution < 1.29 is 4.90 Å². The van der Waals surface area contributed by atoms with Gasteiger partial charge in [-0.3, -0.25) is 4.57 Å². The van der Waals surface area contributed by atoms with Crippen molar-refractivity contribution in [1.82, 2.24) is 24.3 Å². The van der Waals surface area contributed by atoms with Gasteiger partial charge in [0.25, 0.3) is 0 Å². The molecule has 30 heavy (non-hydrogen) atoms. The first-order valence-electron chi connectivity index (χ1n) is 9.94. The van der Waals surface area contributed by atoms with Crippen LogP contribution in [0.3, 0.4) is 0 Å². The normalized spacial score (nSPS) is 14.9. The number of piperazine rings is 1. The minimum absolute atomic E-state index is 0.728. The fraction of sp³-hybridized carbons (Fsp3) is 0.238. The molecule has 9 heteroatoms. The van der Waals surface area contributed by atoms with Crippen molar-refractivity contribution in [3.05, 3.63) is 71.1 Å². The molecule has 0 unspecified atom stereocenters. The van der Waals surface area contributed by atoms with Crippen LogP contribution in [0.2, 0.25) is 0 Å². The highest BCUT2D eigenvalue weighted by atomic mass is 32.1.